The van der Waals surface area contributed by atoms with Gasteiger partial charge in [0.25, 0.3) is 0 Å². The van der Waals surface area contributed by atoms with Crippen molar-refractivity contribution in [2.75, 3.05) is 18.6 Å². The van der Waals surface area contributed by atoms with Gasteiger partial charge in [-0.3, -0.25) is 0 Å². The molecule has 2 aromatic rings. The third kappa shape index (κ3) is 2.55. The van der Waals surface area contributed by atoms with Crippen molar-refractivity contribution >= 4 is 43.6 Å². The highest BCUT2D eigenvalue weighted by molar-refractivity contribution is 9.11. The van der Waals surface area contributed by atoms with E-state index in [0.29, 0.717) is 17.0 Å². The van der Waals surface area contributed by atoms with E-state index in [0.717, 1.165) is 8.95 Å². The Balaban J connectivity index is 2.78. The lowest BCUT2D eigenvalue weighted by Crippen LogP contribution is -2.05. The first-order chi connectivity index (χ1) is 9.47. The molecule has 0 bridgehead atoms. The first-order valence-corrected chi connectivity index (χ1v) is 6.93. The fourth-order valence-corrected chi connectivity index (χ4v) is 3.01. The van der Waals surface area contributed by atoms with E-state index in [4.69, 9.17) is 16.2 Å². The number of hydrogen-bond acceptors (Lipinski definition) is 6. The molecule has 0 atom stereocenters. The van der Waals surface area contributed by atoms with Gasteiger partial charge in [0, 0.05) is 10.0 Å². The van der Waals surface area contributed by atoms with Crippen molar-refractivity contribution in [1.29, 1.82) is 5.26 Å². The van der Waals surface area contributed by atoms with E-state index in [2.05, 4.69) is 41.8 Å². The summed E-state index contributed by atoms with van der Waals surface area (Å²) >= 11 is 6.80. The third-order valence-corrected chi connectivity index (χ3v) is 3.84. The van der Waals surface area contributed by atoms with Gasteiger partial charge in [0.15, 0.2) is 0 Å². The molecule has 0 radical (unpaired) electrons. The number of nitrogens with two attached hydrogens (primary N) is 2. The molecule has 8 heteroatoms. The Morgan fingerprint density at radius 2 is 1.90 bits per heavy atom. The molecule has 2 rings (SSSR count). The number of hydrogen-bond donors (Lipinski definition) is 2. The number of rotatable bonds is 2. The van der Waals surface area contributed by atoms with E-state index in [1.807, 2.05) is 6.07 Å². The molecule has 0 amide bonds. The van der Waals surface area contributed by atoms with Gasteiger partial charge < -0.3 is 16.2 Å². The quantitative estimate of drug-likeness (QED) is 0.804. The molecule has 0 aliphatic rings. The number of methoxy groups -OCH3 is 1. The molecule has 20 heavy (non-hydrogen) atoms. The van der Waals surface area contributed by atoms with E-state index < -0.39 is 0 Å². The SMILES string of the molecule is COc1cc(-c2nc(N)nc(N)c2C#N)c(Br)cc1Br. The van der Waals surface area contributed by atoms with Gasteiger partial charge in [-0.25, -0.2) is 4.98 Å². The minimum absolute atomic E-state index is 0.00489. The maximum atomic E-state index is 9.22. The fraction of sp³-hybridized carbons (Fsp3) is 0.0833. The zero-order valence-corrected chi connectivity index (χ0v) is 13.5. The summed E-state index contributed by atoms with van der Waals surface area (Å²) in [6.07, 6.45) is 0. The Kier molecular flexibility index (Phi) is 4.11. The van der Waals surface area contributed by atoms with Gasteiger partial charge in [0.1, 0.15) is 23.2 Å². The smallest absolute Gasteiger partial charge is 0.222 e. The molecule has 1 aromatic heterocycles. The highest BCUT2D eigenvalue weighted by atomic mass is 79.9. The number of benzene rings is 1. The highest BCUT2D eigenvalue weighted by Crippen LogP contribution is 2.38. The Morgan fingerprint density at radius 1 is 1.20 bits per heavy atom. The second-order valence-electron chi connectivity index (χ2n) is 3.77. The average Bonchev–Trinajstić information content (AvgIpc) is 2.38. The van der Waals surface area contributed by atoms with Crippen molar-refractivity contribution < 1.29 is 4.74 Å². The molecule has 0 saturated carbocycles. The lowest BCUT2D eigenvalue weighted by atomic mass is 10.1. The highest BCUT2D eigenvalue weighted by Gasteiger charge is 2.17. The molecule has 1 heterocycles. The van der Waals surface area contributed by atoms with Crippen LogP contribution >= 0.6 is 31.9 Å². The van der Waals surface area contributed by atoms with Crippen LogP contribution in [0.1, 0.15) is 5.56 Å². The summed E-state index contributed by atoms with van der Waals surface area (Å²) in [7, 11) is 1.55. The summed E-state index contributed by atoms with van der Waals surface area (Å²) in [6.45, 7) is 0. The lowest BCUT2D eigenvalue weighted by Gasteiger charge is -2.11. The first kappa shape index (κ1) is 14.6. The Bertz CT molecular complexity index is 727. The summed E-state index contributed by atoms with van der Waals surface area (Å²) in [5, 5.41) is 9.22. The molecule has 0 fully saturated rings. The van der Waals surface area contributed by atoms with Gasteiger partial charge in [0.2, 0.25) is 5.95 Å². The van der Waals surface area contributed by atoms with Crippen LogP contribution in [0.25, 0.3) is 11.3 Å². The van der Waals surface area contributed by atoms with Gasteiger partial charge in [0.05, 0.1) is 17.3 Å². The van der Waals surface area contributed by atoms with E-state index in [-0.39, 0.29) is 17.3 Å². The van der Waals surface area contributed by atoms with Crippen LogP contribution in [0.15, 0.2) is 21.1 Å². The van der Waals surface area contributed by atoms with Gasteiger partial charge >= 0.3 is 0 Å². The molecule has 0 aliphatic heterocycles. The topological polar surface area (TPSA) is 111 Å². The largest absolute Gasteiger partial charge is 0.496 e. The molecular weight excluding hydrogens is 390 g/mol. The molecule has 102 valence electrons. The van der Waals surface area contributed by atoms with Crippen molar-refractivity contribution in [2.45, 2.75) is 0 Å². The van der Waals surface area contributed by atoms with Crippen molar-refractivity contribution in [2.24, 2.45) is 0 Å². The molecule has 0 saturated heterocycles. The molecule has 6 nitrogen and oxygen atoms in total. The zero-order valence-electron chi connectivity index (χ0n) is 10.3. The molecular formula is C12H9Br2N5O. The fourth-order valence-electron chi connectivity index (χ4n) is 1.67. The number of nitrogens with zero attached hydrogens (tertiary/aromatic N) is 3. The molecule has 0 unspecified atom stereocenters. The van der Waals surface area contributed by atoms with Crippen LogP contribution in [-0.4, -0.2) is 17.1 Å². The monoisotopic (exact) mass is 397 g/mol. The van der Waals surface area contributed by atoms with Crippen LogP contribution < -0.4 is 16.2 Å². The second-order valence-corrected chi connectivity index (χ2v) is 5.48. The molecule has 0 aliphatic carbocycles. The van der Waals surface area contributed by atoms with Crippen LogP contribution in [-0.2, 0) is 0 Å². The van der Waals surface area contributed by atoms with Crippen LogP contribution in [0.5, 0.6) is 5.75 Å². The summed E-state index contributed by atoms with van der Waals surface area (Å²) in [5.41, 5.74) is 12.5. The van der Waals surface area contributed by atoms with E-state index in [1.54, 1.807) is 19.2 Å². The maximum Gasteiger partial charge on any atom is 0.222 e. The zero-order chi connectivity index (χ0) is 14.9. The predicted octanol–water partition coefficient (Wildman–Crippen LogP) is 2.71. The summed E-state index contributed by atoms with van der Waals surface area (Å²) < 4.78 is 6.73. The summed E-state index contributed by atoms with van der Waals surface area (Å²) in [5.74, 6) is 0.650. The van der Waals surface area contributed by atoms with Gasteiger partial charge in [-0.05, 0) is 28.1 Å². The minimum Gasteiger partial charge on any atom is -0.496 e. The molecule has 4 N–H and O–H groups in total. The van der Waals surface area contributed by atoms with Crippen LogP contribution in [0.2, 0.25) is 0 Å². The number of anilines is 2. The number of nitrogen functional groups attached to an aromatic ring is 2. The Morgan fingerprint density at radius 3 is 2.50 bits per heavy atom. The van der Waals surface area contributed by atoms with Crippen molar-refractivity contribution in [3.63, 3.8) is 0 Å². The number of halogens is 2. The van der Waals surface area contributed by atoms with Crippen molar-refractivity contribution in [1.82, 2.24) is 9.97 Å². The number of aromatic nitrogens is 2. The number of nitriles is 1. The third-order valence-electron chi connectivity index (χ3n) is 2.56. The predicted molar refractivity (Wildman–Crippen MR) is 83.0 cm³/mol. The Labute approximate surface area is 132 Å². The summed E-state index contributed by atoms with van der Waals surface area (Å²) in [6, 6.07) is 5.52. The van der Waals surface area contributed by atoms with E-state index in [9.17, 15) is 5.26 Å². The standard InChI is InChI=1S/C12H9Br2N5O/c1-20-9-2-5(7(13)3-8(9)14)10-6(4-15)11(16)19-12(17)18-10/h2-3H,1H3,(H4,16,17,18,19). The van der Waals surface area contributed by atoms with E-state index in [1.165, 1.54) is 0 Å². The van der Waals surface area contributed by atoms with Gasteiger partial charge in [-0.1, -0.05) is 15.9 Å². The first-order valence-electron chi connectivity index (χ1n) is 5.34. The second kappa shape index (κ2) is 5.64. The average molecular weight is 399 g/mol. The van der Waals surface area contributed by atoms with Crippen molar-refractivity contribution in [3.05, 3.63) is 26.6 Å². The van der Waals surface area contributed by atoms with Crippen LogP contribution in [0.3, 0.4) is 0 Å². The van der Waals surface area contributed by atoms with Crippen LogP contribution in [0, 0.1) is 11.3 Å². The van der Waals surface area contributed by atoms with Gasteiger partial charge in [-0.2, -0.15) is 10.2 Å². The summed E-state index contributed by atoms with van der Waals surface area (Å²) in [4.78, 5) is 7.89. The normalized spacial score (nSPS) is 10.1. The van der Waals surface area contributed by atoms with Crippen LogP contribution in [0.4, 0.5) is 11.8 Å². The maximum absolute atomic E-state index is 9.22. The van der Waals surface area contributed by atoms with Crippen molar-refractivity contribution in [3.8, 4) is 23.1 Å². The molecule has 1 aromatic carbocycles. The Hall–Kier alpha value is -1.85. The van der Waals surface area contributed by atoms with E-state index >= 15 is 0 Å². The molecule has 0 spiro atoms. The lowest BCUT2D eigenvalue weighted by molar-refractivity contribution is 0.412. The van der Waals surface area contributed by atoms with Gasteiger partial charge in [-0.15, -0.1) is 0 Å². The number of ether oxygens (including phenoxy) is 1. The minimum atomic E-state index is 0.00489.